The normalized spacial score (nSPS) is 11.4. The van der Waals surface area contributed by atoms with Gasteiger partial charge in [0.2, 0.25) is 5.88 Å². The number of hydrogen-bond donors (Lipinski definition) is 3. The second-order valence-corrected chi connectivity index (χ2v) is 6.26. The maximum Gasteiger partial charge on any atom is 0.305 e. The van der Waals surface area contributed by atoms with E-state index in [2.05, 4.69) is 20.6 Å². The van der Waals surface area contributed by atoms with Crippen LogP contribution in [0.5, 0.6) is 5.88 Å². The maximum atomic E-state index is 11.2. The van der Waals surface area contributed by atoms with Crippen LogP contribution in [0.25, 0.3) is 0 Å². The third kappa shape index (κ3) is 5.87. The van der Waals surface area contributed by atoms with Crippen LogP contribution in [0.3, 0.4) is 0 Å². The zero-order valence-electron chi connectivity index (χ0n) is 13.7. The number of ether oxygens (including phenoxy) is 1. The van der Waals surface area contributed by atoms with E-state index in [-0.39, 0.29) is 11.5 Å². The lowest BCUT2D eigenvalue weighted by Crippen LogP contribution is -2.33. The van der Waals surface area contributed by atoms with Crippen LogP contribution >= 0.6 is 24.0 Å². The second kappa shape index (κ2) is 9.19. The molecule has 9 heteroatoms. The first-order valence-corrected chi connectivity index (χ1v) is 8.94. The molecule has 0 bridgehead atoms. The molecule has 2 aromatic rings. The van der Waals surface area contributed by atoms with E-state index in [1.165, 1.54) is 13.4 Å². The summed E-state index contributed by atoms with van der Waals surface area (Å²) in [6.45, 7) is 0. The lowest BCUT2D eigenvalue weighted by atomic mass is 10.0. The number of nitrogens with one attached hydrogen (secondary N) is 2. The molecule has 0 fully saturated rings. The fraction of sp³-hybridized carbons (Fsp3) is 0.250. The molecule has 2 rings (SSSR count). The van der Waals surface area contributed by atoms with Crippen molar-refractivity contribution in [3.8, 4) is 5.88 Å². The van der Waals surface area contributed by atoms with Crippen LogP contribution in [0.2, 0.25) is 0 Å². The number of aromatic nitrogens is 2. The first-order chi connectivity index (χ1) is 12.0. The number of hydrogen-bond acceptors (Lipinski definition) is 6. The smallest absolute Gasteiger partial charge is 0.305 e. The number of nitrogens with zero attached hydrogens (tertiary/aromatic N) is 2. The first-order valence-electron chi connectivity index (χ1n) is 7.31. The molecular weight excluding hydrogens is 360 g/mol. The highest BCUT2D eigenvalue weighted by Crippen LogP contribution is 2.21. The van der Waals surface area contributed by atoms with Gasteiger partial charge in [-0.3, -0.25) is 4.79 Å². The van der Waals surface area contributed by atoms with Crippen LogP contribution in [0.4, 0.5) is 5.82 Å². The summed E-state index contributed by atoms with van der Waals surface area (Å²) >= 11 is 6.89. The molecule has 1 aromatic carbocycles. The summed E-state index contributed by atoms with van der Waals surface area (Å²) in [4.78, 5) is 20.2. The Kier molecular flexibility index (Phi) is 6.96. The molecule has 132 valence electrons. The van der Waals surface area contributed by atoms with Crippen molar-refractivity contribution in [3.05, 3.63) is 42.2 Å². The summed E-state index contributed by atoms with van der Waals surface area (Å²) in [5.74, 6) is -0.0656. The molecule has 0 saturated heterocycles. The van der Waals surface area contributed by atoms with Gasteiger partial charge < -0.3 is 20.5 Å². The Morgan fingerprint density at radius 1 is 1.36 bits per heavy atom. The molecule has 0 radical (unpaired) electrons. The average molecular weight is 378 g/mol. The average Bonchev–Trinajstić information content (AvgIpc) is 2.61. The number of benzene rings is 1. The first kappa shape index (κ1) is 18.9. The molecule has 25 heavy (non-hydrogen) atoms. The van der Waals surface area contributed by atoms with Crippen LogP contribution in [-0.4, -0.2) is 39.5 Å². The van der Waals surface area contributed by atoms with Gasteiger partial charge in [0.25, 0.3) is 0 Å². The Labute approximate surface area is 155 Å². The summed E-state index contributed by atoms with van der Waals surface area (Å²) in [7, 11) is 1.50. The third-order valence-electron chi connectivity index (χ3n) is 3.29. The predicted molar refractivity (Wildman–Crippen MR) is 101 cm³/mol. The number of aliphatic carboxylic acids is 1. The zero-order valence-corrected chi connectivity index (χ0v) is 15.4. The summed E-state index contributed by atoms with van der Waals surface area (Å²) < 4.78 is 5.03. The number of thioether (sulfide) groups is 1. The highest BCUT2D eigenvalue weighted by atomic mass is 32.2. The van der Waals surface area contributed by atoms with E-state index in [4.69, 9.17) is 17.0 Å². The van der Waals surface area contributed by atoms with Crippen molar-refractivity contribution in [2.24, 2.45) is 0 Å². The second-order valence-electron chi connectivity index (χ2n) is 4.97. The maximum absolute atomic E-state index is 11.2. The third-order valence-corrected chi connectivity index (χ3v) is 4.26. The lowest BCUT2D eigenvalue weighted by molar-refractivity contribution is -0.137. The Hall–Kier alpha value is -2.39. The fourth-order valence-electron chi connectivity index (χ4n) is 2.09. The van der Waals surface area contributed by atoms with Gasteiger partial charge in [0, 0.05) is 11.0 Å². The van der Waals surface area contributed by atoms with Crippen molar-refractivity contribution < 1.29 is 14.6 Å². The van der Waals surface area contributed by atoms with Gasteiger partial charge in [-0.05, 0) is 36.2 Å². The van der Waals surface area contributed by atoms with E-state index in [1.54, 1.807) is 17.8 Å². The number of carbonyl (C=O) groups is 1. The SMILES string of the molecule is COc1cc(NC(=S)N[C@@H](CC(=O)O)c2ccc(SC)cc2)ncn1. The zero-order chi connectivity index (χ0) is 18.2. The van der Waals surface area contributed by atoms with Gasteiger partial charge in [-0.15, -0.1) is 11.8 Å². The van der Waals surface area contributed by atoms with Crippen LogP contribution in [0.1, 0.15) is 18.0 Å². The van der Waals surface area contributed by atoms with E-state index in [0.717, 1.165) is 10.5 Å². The topological polar surface area (TPSA) is 96.4 Å². The number of carboxylic acid groups (broad SMARTS) is 1. The molecule has 3 N–H and O–H groups in total. The molecule has 7 nitrogen and oxygen atoms in total. The Morgan fingerprint density at radius 3 is 2.68 bits per heavy atom. The summed E-state index contributed by atoms with van der Waals surface area (Å²) in [6.07, 6.45) is 3.23. The lowest BCUT2D eigenvalue weighted by Gasteiger charge is -2.20. The van der Waals surface area contributed by atoms with Crippen LogP contribution in [-0.2, 0) is 4.79 Å². The van der Waals surface area contributed by atoms with Crippen LogP contribution in [0.15, 0.2) is 41.6 Å². The van der Waals surface area contributed by atoms with E-state index >= 15 is 0 Å². The number of anilines is 1. The fourth-order valence-corrected chi connectivity index (χ4v) is 2.75. The quantitative estimate of drug-likeness (QED) is 0.496. The van der Waals surface area contributed by atoms with Crippen molar-refractivity contribution >= 4 is 40.9 Å². The van der Waals surface area contributed by atoms with Crippen LogP contribution in [0, 0.1) is 0 Å². The number of carboxylic acids is 1. The molecule has 1 heterocycles. The minimum Gasteiger partial charge on any atom is -0.481 e. The minimum atomic E-state index is -0.919. The van der Waals surface area contributed by atoms with E-state index in [0.29, 0.717) is 11.7 Å². The van der Waals surface area contributed by atoms with Crippen molar-refractivity contribution in [1.82, 2.24) is 15.3 Å². The van der Waals surface area contributed by atoms with Crippen LogP contribution < -0.4 is 15.4 Å². The van der Waals surface area contributed by atoms with Gasteiger partial charge in [0.1, 0.15) is 12.1 Å². The molecule has 0 amide bonds. The molecule has 0 aliphatic rings. The number of thiocarbonyl (C=S) groups is 1. The Morgan fingerprint density at radius 2 is 2.08 bits per heavy atom. The van der Waals surface area contributed by atoms with E-state index in [1.807, 2.05) is 30.5 Å². The van der Waals surface area contributed by atoms with E-state index < -0.39 is 12.0 Å². The van der Waals surface area contributed by atoms with E-state index in [9.17, 15) is 9.90 Å². The van der Waals surface area contributed by atoms with Gasteiger partial charge in [-0.2, -0.15) is 0 Å². The standard InChI is InChI=1S/C16H18N4O3S2/c1-23-14-8-13(17-9-18-14)20-16(24)19-12(7-15(21)22)10-3-5-11(25-2)6-4-10/h3-6,8-9,12H,7H2,1-2H3,(H,21,22)(H2,17,18,19,20,24)/t12-/m0/s1. The molecule has 0 aliphatic heterocycles. The molecule has 1 aromatic heterocycles. The minimum absolute atomic E-state index is 0.104. The number of rotatable bonds is 7. The van der Waals surface area contributed by atoms with Crippen molar-refractivity contribution in [2.45, 2.75) is 17.4 Å². The monoisotopic (exact) mass is 378 g/mol. The highest BCUT2D eigenvalue weighted by Gasteiger charge is 2.17. The molecule has 0 aliphatic carbocycles. The summed E-state index contributed by atoms with van der Waals surface area (Å²) in [6, 6.07) is 8.81. The Bertz CT molecular complexity index is 740. The largest absolute Gasteiger partial charge is 0.481 e. The molecule has 0 spiro atoms. The van der Waals surface area contributed by atoms with Gasteiger partial charge >= 0.3 is 5.97 Å². The summed E-state index contributed by atoms with van der Waals surface area (Å²) in [5, 5.41) is 15.4. The van der Waals surface area contributed by atoms with Gasteiger partial charge in [0.15, 0.2) is 5.11 Å². The number of methoxy groups -OCH3 is 1. The molecule has 1 atom stereocenters. The van der Waals surface area contributed by atoms with Crippen molar-refractivity contribution in [1.29, 1.82) is 0 Å². The van der Waals surface area contributed by atoms with Gasteiger partial charge in [-0.1, -0.05) is 12.1 Å². The highest BCUT2D eigenvalue weighted by molar-refractivity contribution is 7.98. The van der Waals surface area contributed by atoms with Gasteiger partial charge in [0.05, 0.1) is 19.6 Å². The summed E-state index contributed by atoms with van der Waals surface area (Å²) in [5.41, 5.74) is 0.838. The molecular formula is C16H18N4O3S2. The molecule has 0 unspecified atom stereocenters. The van der Waals surface area contributed by atoms with Crippen molar-refractivity contribution in [3.63, 3.8) is 0 Å². The predicted octanol–water partition coefficient (Wildman–Crippen LogP) is 2.71. The molecule has 0 saturated carbocycles. The Balaban J connectivity index is 2.09. The van der Waals surface area contributed by atoms with Gasteiger partial charge in [-0.25, -0.2) is 9.97 Å². The van der Waals surface area contributed by atoms with Crippen molar-refractivity contribution in [2.75, 3.05) is 18.7 Å².